The molecule has 1 aliphatic rings. The molecular weight excluding hydrogens is 469 g/mol. The minimum absolute atomic E-state index is 0.0460. The van der Waals surface area contributed by atoms with E-state index in [1.165, 1.54) is 13.0 Å². The summed E-state index contributed by atoms with van der Waals surface area (Å²) in [7, 11) is 1.02. The van der Waals surface area contributed by atoms with E-state index in [0.717, 1.165) is 32.4 Å². The third-order valence-electron chi connectivity index (χ3n) is 6.03. The van der Waals surface area contributed by atoms with Crippen molar-refractivity contribution in [3.63, 3.8) is 0 Å². The molecule has 0 unspecified atom stereocenters. The first-order valence-electron chi connectivity index (χ1n) is 10.0. The van der Waals surface area contributed by atoms with Crippen molar-refractivity contribution in [2.45, 2.75) is 43.8 Å². The van der Waals surface area contributed by atoms with Crippen molar-refractivity contribution in [1.29, 1.82) is 0 Å². The number of alkyl halides is 3. The third kappa shape index (κ3) is 4.42. The van der Waals surface area contributed by atoms with Gasteiger partial charge in [-0.1, -0.05) is 13.0 Å². The molecule has 13 heteroatoms. The summed E-state index contributed by atoms with van der Waals surface area (Å²) in [4.78, 5) is 13.1. The summed E-state index contributed by atoms with van der Waals surface area (Å²) < 4.78 is 80.2. The van der Waals surface area contributed by atoms with Crippen LogP contribution in [-0.2, 0) is 9.53 Å². The maximum absolute atomic E-state index is 14.4. The van der Waals surface area contributed by atoms with E-state index in [2.05, 4.69) is 15.5 Å². The minimum Gasteiger partial charge on any atom is -0.493 e. The standard InChI is InChI=1S/C21H22F5N3O5/c1-9-15(11-4-5-12(22)16(23)17(11)33-3)18(34-20(9,2)21(24,25)26)19(32)28-10-6-13(14(31)8-30)29-27-7-10/h4-7,9,14-15,18,30-31H,8H2,1-3H3,(H,28,29,32)/t9-,14-,15-,18+,20+/m0/s1. The van der Waals surface area contributed by atoms with Crippen molar-refractivity contribution in [3.8, 4) is 5.75 Å². The number of carbonyl (C=O) groups excluding carboxylic acids is 1. The topological polar surface area (TPSA) is 114 Å². The van der Waals surface area contributed by atoms with Gasteiger partial charge in [0.15, 0.2) is 17.2 Å². The second-order valence-corrected chi connectivity index (χ2v) is 8.00. The van der Waals surface area contributed by atoms with Crippen LogP contribution in [0.1, 0.15) is 37.1 Å². The van der Waals surface area contributed by atoms with Crippen molar-refractivity contribution < 1.29 is 46.4 Å². The van der Waals surface area contributed by atoms with Gasteiger partial charge in [0, 0.05) is 17.4 Å². The van der Waals surface area contributed by atoms with E-state index in [9.17, 15) is 31.9 Å². The molecule has 8 nitrogen and oxygen atoms in total. The lowest BCUT2D eigenvalue weighted by atomic mass is 9.77. The summed E-state index contributed by atoms with van der Waals surface area (Å²) in [5, 5.41) is 28.3. The molecule has 1 fully saturated rings. The molecule has 0 radical (unpaired) electrons. The molecular formula is C21H22F5N3O5. The van der Waals surface area contributed by atoms with Gasteiger partial charge in [-0.2, -0.15) is 27.8 Å². The Morgan fingerprint density at radius 2 is 2.03 bits per heavy atom. The van der Waals surface area contributed by atoms with Crippen LogP contribution in [-0.4, -0.2) is 57.9 Å². The van der Waals surface area contributed by atoms with E-state index in [4.69, 9.17) is 14.6 Å². The predicted octanol–water partition coefficient (Wildman–Crippen LogP) is 2.87. The number of ether oxygens (including phenoxy) is 2. The number of aliphatic hydroxyl groups is 2. The summed E-state index contributed by atoms with van der Waals surface area (Å²) in [6.45, 7) is 1.28. The molecule has 34 heavy (non-hydrogen) atoms. The Morgan fingerprint density at radius 3 is 2.62 bits per heavy atom. The Hall–Kier alpha value is -2.90. The van der Waals surface area contributed by atoms with Gasteiger partial charge in [-0.15, -0.1) is 0 Å². The zero-order valence-corrected chi connectivity index (χ0v) is 18.2. The molecule has 0 spiro atoms. The number of nitrogens with zero attached hydrogens (tertiary/aromatic N) is 2. The zero-order valence-electron chi connectivity index (χ0n) is 18.2. The van der Waals surface area contributed by atoms with E-state index in [1.54, 1.807) is 0 Å². The first-order valence-corrected chi connectivity index (χ1v) is 10.0. The van der Waals surface area contributed by atoms with Crippen LogP contribution >= 0.6 is 0 Å². The number of aliphatic hydroxyl groups excluding tert-OH is 2. The molecule has 0 aliphatic carbocycles. The van der Waals surface area contributed by atoms with Crippen molar-refractivity contribution in [3.05, 3.63) is 47.3 Å². The zero-order chi connectivity index (χ0) is 25.4. The van der Waals surface area contributed by atoms with Gasteiger partial charge in [0.1, 0.15) is 12.2 Å². The van der Waals surface area contributed by atoms with Crippen LogP contribution in [0, 0.1) is 17.6 Å². The minimum atomic E-state index is -4.90. The lowest BCUT2D eigenvalue weighted by molar-refractivity contribution is -0.272. The molecule has 1 aromatic heterocycles. The van der Waals surface area contributed by atoms with Gasteiger partial charge >= 0.3 is 6.18 Å². The highest BCUT2D eigenvalue weighted by Gasteiger charge is 2.65. The van der Waals surface area contributed by atoms with Gasteiger partial charge in [-0.3, -0.25) is 4.79 Å². The van der Waals surface area contributed by atoms with Crippen molar-refractivity contribution >= 4 is 11.6 Å². The van der Waals surface area contributed by atoms with E-state index < -0.39 is 65.7 Å². The van der Waals surface area contributed by atoms with Crippen LogP contribution < -0.4 is 10.1 Å². The lowest BCUT2D eigenvalue weighted by Gasteiger charge is -2.32. The number of benzene rings is 1. The maximum atomic E-state index is 14.4. The molecule has 3 rings (SSSR count). The number of hydrogen-bond donors (Lipinski definition) is 3. The van der Waals surface area contributed by atoms with Crippen LogP contribution in [0.3, 0.4) is 0 Å². The number of amides is 1. The Kier molecular flexibility index (Phi) is 7.10. The van der Waals surface area contributed by atoms with Crippen molar-refractivity contribution in [1.82, 2.24) is 10.2 Å². The van der Waals surface area contributed by atoms with Crippen LogP contribution in [0.25, 0.3) is 0 Å². The normalized spacial score (nSPS) is 25.8. The predicted molar refractivity (Wildman–Crippen MR) is 107 cm³/mol. The Labute approximate surface area is 190 Å². The van der Waals surface area contributed by atoms with Crippen molar-refractivity contribution in [2.75, 3.05) is 19.0 Å². The molecule has 2 aromatic rings. The van der Waals surface area contributed by atoms with Gasteiger partial charge in [-0.05, 0) is 19.1 Å². The largest absolute Gasteiger partial charge is 0.493 e. The molecule has 1 aliphatic heterocycles. The van der Waals surface area contributed by atoms with E-state index in [0.29, 0.717) is 0 Å². The molecule has 3 N–H and O–H groups in total. The number of nitrogens with one attached hydrogen (secondary N) is 1. The van der Waals surface area contributed by atoms with Crippen molar-refractivity contribution in [2.24, 2.45) is 5.92 Å². The molecule has 186 valence electrons. The lowest BCUT2D eigenvalue weighted by Crippen LogP contribution is -2.47. The van der Waals surface area contributed by atoms with Crippen LogP contribution in [0.5, 0.6) is 5.75 Å². The number of anilines is 1. The highest BCUT2D eigenvalue weighted by molar-refractivity contribution is 5.95. The van der Waals surface area contributed by atoms with E-state index in [-0.39, 0.29) is 16.9 Å². The average molecular weight is 491 g/mol. The van der Waals surface area contributed by atoms with Gasteiger partial charge in [0.05, 0.1) is 31.3 Å². The number of halogens is 5. The molecule has 2 heterocycles. The highest BCUT2D eigenvalue weighted by Crippen LogP contribution is 2.55. The third-order valence-corrected chi connectivity index (χ3v) is 6.03. The van der Waals surface area contributed by atoms with Crippen LogP contribution in [0.4, 0.5) is 27.6 Å². The molecule has 5 atom stereocenters. The summed E-state index contributed by atoms with van der Waals surface area (Å²) >= 11 is 0. The Bertz CT molecular complexity index is 1070. The molecule has 1 amide bonds. The maximum Gasteiger partial charge on any atom is 0.417 e. The number of rotatable bonds is 6. The van der Waals surface area contributed by atoms with Gasteiger partial charge < -0.3 is 25.0 Å². The average Bonchev–Trinajstić information content (AvgIpc) is 3.07. The molecule has 0 saturated carbocycles. The number of methoxy groups -OCH3 is 1. The number of carbonyl (C=O) groups is 1. The Morgan fingerprint density at radius 1 is 1.35 bits per heavy atom. The highest BCUT2D eigenvalue weighted by atomic mass is 19.4. The fourth-order valence-corrected chi connectivity index (χ4v) is 3.96. The molecule has 0 bridgehead atoms. The summed E-state index contributed by atoms with van der Waals surface area (Å²) in [5.74, 6) is -7.14. The second kappa shape index (κ2) is 9.39. The van der Waals surface area contributed by atoms with E-state index >= 15 is 0 Å². The number of aromatic nitrogens is 2. The van der Waals surface area contributed by atoms with Gasteiger partial charge in [0.25, 0.3) is 5.91 Å². The van der Waals surface area contributed by atoms with E-state index in [1.807, 2.05) is 0 Å². The van der Waals surface area contributed by atoms with Gasteiger partial charge in [0.2, 0.25) is 5.82 Å². The summed E-state index contributed by atoms with van der Waals surface area (Å²) in [6, 6.07) is 2.95. The smallest absolute Gasteiger partial charge is 0.417 e. The fourth-order valence-electron chi connectivity index (χ4n) is 3.96. The monoisotopic (exact) mass is 491 g/mol. The SMILES string of the molecule is COc1c([C@H]2[C@H](C(=O)Nc3cnnc([C@@H](O)CO)c3)O[C@@](C)(C(F)(F)F)[C@H]2C)ccc(F)c1F. The summed E-state index contributed by atoms with van der Waals surface area (Å²) in [5.41, 5.74) is -3.12. The first-order chi connectivity index (χ1) is 15.9. The quantitative estimate of drug-likeness (QED) is 0.533. The molecule has 1 saturated heterocycles. The molecule has 1 aromatic carbocycles. The van der Waals surface area contributed by atoms with Crippen LogP contribution in [0.15, 0.2) is 24.4 Å². The fraction of sp³-hybridized carbons (Fsp3) is 0.476. The summed E-state index contributed by atoms with van der Waals surface area (Å²) in [6.07, 6.45) is -7.03. The van der Waals surface area contributed by atoms with Gasteiger partial charge in [-0.25, -0.2) is 4.39 Å². The Balaban J connectivity index is 2.05. The second-order valence-electron chi connectivity index (χ2n) is 8.00. The first kappa shape index (κ1) is 25.7. The number of hydrogen-bond acceptors (Lipinski definition) is 7. The van der Waals surface area contributed by atoms with Crippen LogP contribution in [0.2, 0.25) is 0 Å².